The Labute approximate surface area is 224 Å². The predicted molar refractivity (Wildman–Crippen MR) is 149 cm³/mol. The van der Waals surface area contributed by atoms with E-state index in [0.29, 0.717) is 38.3 Å². The van der Waals surface area contributed by atoms with Crippen molar-refractivity contribution in [2.75, 3.05) is 57.0 Å². The molecule has 1 atom stereocenters. The monoisotopic (exact) mass is 524 g/mol. The van der Waals surface area contributed by atoms with Crippen molar-refractivity contribution in [1.29, 1.82) is 0 Å². The lowest BCUT2D eigenvalue weighted by Crippen LogP contribution is -2.63. The summed E-state index contributed by atoms with van der Waals surface area (Å²) in [5.41, 5.74) is 7.67. The second-order valence-electron chi connectivity index (χ2n) is 10.8. The molecule has 2 aromatic heterocycles. The number of aliphatic hydroxyl groups is 1. The Bertz CT molecular complexity index is 1150. The zero-order valence-corrected chi connectivity index (χ0v) is 22.7. The average Bonchev–Trinajstić information content (AvgIpc) is 3.23. The van der Waals surface area contributed by atoms with E-state index in [-0.39, 0.29) is 17.7 Å². The van der Waals surface area contributed by atoms with E-state index in [9.17, 15) is 5.11 Å². The van der Waals surface area contributed by atoms with E-state index in [4.69, 9.17) is 19.2 Å². The summed E-state index contributed by atoms with van der Waals surface area (Å²) in [4.78, 5) is 15.8. The van der Waals surface area contributed by atoms with Gasteiger partial charge in [0.2, 0.25) is 5.96 Å². The molecule has 0 aromatic carbocycles. The number of aliphatic imine (C=N–C) groups is 2. The third kappa shape index (κ3) is 5.63. The Morgan fingerprint density at radius 1 is 1.32 bits per heavy atom. The number of aromatic nitrogens is 2. The summed E-state index contributed by atoms with van der Waals surface area (Å²) < 4.78 is 18.8. The number of ether oxygens (including phenoxy) is 3. The normalized spacial score (nSPS) is 24.2. The van der Waals surface area contributed by atoms with Crippen molar-refractivity contribution in [3.05, 3.63) is 35.8 Å². The van der Waals surface area contributed by atoms with Gasteiger partial charge in [0.05, 0.1) is 45.1 Å². The van der Waals surface area contributed by atoms with Crippen molar-refractivity contribution < 1.29 is 19.3 Å². The van der Waals surface area contributed by atoms with Crippen LogP contribution in [-0.2, 0) is 14.2 Å². The van der Waals surface area contributed by atoms with Gasteiger partial charge in [0.15, 0.2) is 0 Å². The number of morpholine rings is 1. The molecule has 38 heavy (non-hydrogen) atoms. The first-order valence-corrected chi connectivity index (χ1v) is 13.6. The molecular weight excluding hydrogens is 484 g/mol. The fraction of sp³-hybridized carbons (Fsp3) is 0.607. The lowest BCUT2D eigenvalue weighted by molar-refractivity contribution is -0.211. The predicted octanol–water partition coefficient (Wildman–Crippen LogP) is 3.12. The zero-order chi connectivity index (χ0) is 26.7. The van der Waals surface area contributed by atoms with Crippen LogP contribution in [0.5, 0.6) is 0 Å². The molecule has 1 spiro atoms. The molecule has 2 aliphatic heterocycles. The van der Waals surface area contributed by atoms with Crippen molar-refractivity contribution in [1.82, 2.24) is 9.66 Å². The van der Waals surface area contributed by atoms with Crippen LogP contribution in [0.2, 0.25) is 0 Å². The highest BCUT2D eigenvalue weighted by molar-refractivity contribution is 5.91. The van der Waals surface area contributed by atoms with Crippen molar-refractivity contribution in [2.24, 2.45) is 9.98 Å². The lowest BCUT2D eigenvalue weighted by atomic mass is 9.85. The maximum atomic E-state index is 10.1. The average molecular weight is 525 g/mol. The number of guanidine groups is 1. The summed E-state index contributed by atoms with van der Waals surface area (Å²) in [7, 11) is 1.66. The molecule has 0 radical (unpaired) electrons. The van der Waals surface area contributed by atoms with Crippen LogP contribution in [0.15, 0.2) is 34.4 Å². The zero-order valence-electron chi connectivity index (χ0n) is 22.7. The van der Waals surface area contributed by atoms with Gasteiger partial charge in [-0.05, 0) is 70.0 Å². The molecule has 206 valence electrons. The van der Waals surface area contributed by atoms with Gasteiger partial charge in [-0.25, -0.2) is 15.0 Å². The minimum atomic E-state index is -0.217. The Hall–Kier alpha value is -2.79. The van der Waals surface area contributed by atoms with Crippen LogP contribution < -0.4 is 10.3 Å². The Kier molecular flexibility index (Phi) is 8.13. The first-order chi connectivity index (χ1) is 18.4. The molecule has 2 N–H and O–H groups in total. The maximum absolute atomic E-state index is 10.1. The SMILES string of the molecule is C=NC(=N[C@@H](C)COC)Nn1c(C2CCC(O)CC2)cc(-c2ccnc(N3CCOC4(COC4)C3)c2)c1C. The number of nitrogens with one attached hydrogen (secondary N) is 1. The van der Waals surface area contributed by atoms with Crippen molar-refractivity contribution >= 4 is 18.5 Å². The first kappa shape index (κ1) is 26.8. The molecule has 1 saturated carbocycles. The quantitative estimate of drug-likeness (QED) is 0.424. The molecular formula is C28H40N6O4. The van der Waals surface area contributed by atoms with Gasteiger partial charge in [-0.1, -0.05) is 0 Å². The van der Waals surface area contributed by atoms with Crippen LogP contribution in [0.4, 0.5) is 5.82 Å². The van der Waals surface area contributed by atoms with Crippen molar-refractivity contribution in [3.8, 4) is 11.1 Å². The number of methoxy groups -OCH3 is 1. The van der Waals surface area contributed by atoms with Gasteiger partial charge in [-0.2, -0.15) is 0 Å². The molecule has 10 nitrogen and oxygen atoms in total. The molecule has 2 aromatic rings. The minimum Gasteiger partial charge on any atom is -0.393 e. The van der Waals surface area contributed by atoms with Crippen LogP contribution in [0.3, 0.4) is 0 Å². The minimum absolute atomic E-state index is 0.0581. The second-order valence-corrected chi connectivity index (χ2v) is 10.8. The largest absolute Gasteiger partial charge is 0.393 e. The van der Waals surface area contributed by atoms with Crippen LogP contribution >= 0.6 is 0 Å². The molecule has 0 unspecified atom stereocenters. The van der Waals surface area contributed by atoms with Crippen molar-refractivity contribution in [2.45, 2.75) is 63.2 Å². The highest BCUT2D eigenvalue weighted by atomic mass is 16.6. The van der Waals surface area contributed by atoms with E-state index < -0.39 is 0 Å². The van der Waals surface area contributed by atoms with E-state index in [0.717, 1.165) is 67.1 Å². The molecule has 3 aliphatic rings. The smallest absolute Gasteiger partial charge is 0.237 e. The van der Waals surface area contributed by atoms with Gasteiger partial charge in [0, 0.05) is 42.7 Å². The Morgan fingerprint density at radius 2 is 2.11 bits per heavy atom. The van der Waals surface area contributed by atoms with Gasteiger partial charge in [-0.3, -0.25) is 10.1 Å². The number of pyridine rings is 1. The molecule has 10 heteroatoms. The summed E-state index contributed by atoms with van der Waals surface area (Å²) in [5, 5.41) is 10.1. The summed E-state index contributed by atoms with van der Waals surface area (Å²) in [6.45, 7) is 11.9. The number of aliphatic hydroxyl groups excluding tert-OH is 1. The number of rotatable bonds is 7. The fourth-order valence-corrected chi connectivity index (χ4v) is 5.74. The fourth-order valence-electron chi connectivity index (χ4n) is 5.74. The van der Waals surface area contributed by atoms with Gasteiger partial charge in [-0.15, -0.1) is 0 Å². The summed E-state index contributed by atoms with van der Waals surface area (Å²) in [5.74, 6) is 1.72. The van der Waals surface area contributed by atoms with Gasteiger partial charge in [0.25, 0.3) is 0 Å². The van der Waals surface area contributed by atoms with E-state index in [1.54, 1.807) is 7.11 Å². The standard InChI is InChI=1S/C28H40N6O4/c1-19(15-36-4)31-27(29-3)32-34-20(2)24(14-25(34)21-5-7-23(35)8-6-21)22-9-10-30-26(13-22)33-11-12-38-28(16-33)17-37-18-28/h9-10,13-14,19,21,23,35H,3,5-8,11-12,15-18H2,1-2,4H3,(H,31,32)/t19-,21?,23?/m0/s1. The number of hydrogen-bond acceptors (Lipinski definition) is 7. The maximum Gasteiger partial charge on any atom is 0.237 e. The third-order valence-corrected chi connectivity index (χ3v) is 7.86. The Morgan fingerprint density at radius 3 is 2.79 bits per heavy atom. The van der Waals surface area contributed by atoms with Crippen molar-refractivity contribution in [3.63, 3.8) is 0 Å². The number of nitrogens with zero attached hydrogens (tertiary/aromatic N) is 5. The molecule has 2 saturated heterocycles. The van der Waals surface area contributed by atoms with Gasteiger partial charge in [0.1, 0.15) is 11.4 Å². The van der Waals surface area contributed by atoms with E-state index in [1.165, 1.54) is 0 Å². The van der Waals surface area contributed by atoms with Gasteiger partial charge < -0.3 is 24.2 Å². The van der Waals surface area contributed by atoms with E-state index >= 15 is 0 Å². The van der Waals surface area contributed by atoms with Gasteiger partial charge >= 0.3 is 0 Å². The van der Waals surface area contributed by atoms with Crippen LogP contribution in [0, 0.1) is 6.92 Å². The van der Waals surface area contributed by atoms with Crippen LogP contribution in [0.25, 0.3) is 11.1 Å². The second kappa shape index (κ2) is 11.5. The summed E-state index contributed by atoms with van der Waals surface area (Å²) in [6.07, 6.45) is 5.13. The van der Waals surface area contributed by atoms with E-state index in [2.05, 4.69) is 56.8 Å². The third-order valence-electron chi connectivity index (χ3n) is 7.86. The first-order valence-electron chi connectivity index (χ1n) is 13.6. The molecule has 0 amide bonds. The highest BCUT2D eigenvalue weighted by Crippen LogP contribution is 2.38. The van der Waals surface area contributed by atoms with Crippen LogP contribution in [0.1, 0.15) is 49.9 Å². The lowest BCUT2D eigenvalue weighted by Gasteiger charge is -2.48. The molecule has 1 aliphatic carbocycles. The molecule has 4 heterocycles. The number of hydrogen-bond donors (Lipinski definition) is 2. The summed E-state index contributed by atoms with van der Waals surface area (Å²) >= 11 is 0. The topological polar surface area (TPSA) is 106 Å². The molecule has 0 bridgehead atoms. The Balaban J connectivity index is 1.47. The molecule has 5 rings (SSSR count). The van der Waals surface area contributed by atoms with E-state index in [1.807, 2.05) is 13.1 Å². The van der Waals surface area contributed by atoms with Crippen LogP contribution in [-0.4, -0.2) is 91.8 Å². The highest BCUT2D eigenvalue weighted by Gasteiger charge is 2.44. The number of anilines is 1. The molecule has 3 fully saturated rings. The summed E-state index contributed by atoms with van der Waals surface area (Å²) in [6, 6.07) is 6.44.